The molecule has 1 fully saturated rings. The molecule has 3 heterocycles. The molecule has 2 aliphatic rings. The Hall–Kier alpha value is -3.27. The van der Waals surface area contributed by atoms with E-state index in [0.29, 0.717) is 40.8 Å². The average Bonchev–Trinajstić information content (AvgIpc) is 3.37. The number of amides is 4. The largest absolute Gasteiger partial charge is 0.454 e. The lowest BCUT2D eigenvalue weighted by Gasteiger charge is -2.41. The van der Waals surface area contributed by atoms with Gasteiger partial charge >= 0.3 is 6.03 Å². The van der Waals surface area contributed by atoms with Crippen molar-refractivity contribution in [2.75, 3.05) is 30.5 Å². The Balaban J connectivity index is 1.59. The molecule has 4 amide bonds. The van der Waals surface area contributed by atoms with Crippen LogP contribution in [-0.2, 0) is 4.79 Å². The molecule has 0 radical (unpaired) electrons. The Kier molecular flexibility index (Phi) is 5.72. The number of carbonyl (C=O) groups excluding carboxylic acids is 3. The van der Waals surface area contributed by atoms with Gasteiger partial charge < -0.3 is 25.0 Å². The average molecular weight is 459 g/mol. The Bertz CT molecular complexity index is 1080. The zero-order valence-electron chi connectivity index (χ0n) is 18.4. The van der Waals surface area contributed by atoms with Gasteiger partial charge in [-0.3, -0.25) is 14.9 Å². The number of rotatable bonds is 4. The molecule has 0 bridgehead atoms. The van der Waals surface area contributed by atoms with Crippen LogP contribution in [-0.4, -0.2) is 48.2 Å². The molecule has 4 rings (SSSR count). The molecule has 0 aliphatic carbocycles. The van der Waals surface area contributed by atoms with E-state index in [1.54, 1.807) is 43.0 Å². The third-order valence-corrected chi connectivity index (χ3v) is 6.87. The molecule has 9 nitrogen and oxygen atoms in total. The topological polar surface area (TPSA) is 109 Å². The molecule has 32 heavy (non-hydrogen) atoms. The maximum absolute atomic E-state index is 13.5. The summed E-state index contributed by atoms with van der Waals surface area (Å²) in [6.07, 6.45) is 0. The number of urea groups is 1. The highest BCUT2D eigenvalue weighted by molar-refractivity contribution is 7.16. The van der Waals surface area contributed by atoms with Crippen molar-refractivity contribution in [2.24, 2.45) is 0 Å². The van der Waals surface area contributed by atoms with Gasteiger partial charge in [0.2, 0.25) is 12.7 Å². The van der Waals surface area contributed by atoms with E-state index in [1.807, 2.05) is 13.8 Å². The lowest BCUT2D eigenvalue weighted by Crippen LogP contribution is -2.63. The third-order valence-electron chi connectivity index (χ3n) is 5.52. The number of fused-ring (bicyclic) bond motifs is 1. The molecule has 0 spiro atoms. The van der Waals surface area contributed by atoms with Crippen molar-refractivity contribution in [1.29, 1.82) is 0 Å². The smallest absolute Gasteiger partial charge is 0.324 e. The molecule has 170 valence electrons. The number of nitrogens with one attached hydrogen (secondary N) is 3. The molecule has 10 heteroatoms. The lowest BCUT2D eigenvalue weighted by atomic mass is 9.97. The van der Waals surface area contributed by atoms with E-state index in [4.69, 9.17) is 9.47 Å². The first-order valence-corrected chi connectivity index (χ1v) is 11.2. The monoisotopic (exact) mass is 458 g/mol. The molecule has 0 saturated carbocycles. The van der Waals surface area contributed by atoms with E-state index < -0.39 is 11.6 Å². The van der Waals surface area contributed by atoms with Crippen LogP contribution in [0.3, 0.4) is 0 Å². The third kappa shape index (κ3) is 3.97. The number of para-hydroxylation sites is 1. The molecular weight excluding hydrogens is 432 g/mol. The highest BCUT2D eigenvalue weighted by Gasteiger charge is 2.41. The highest BCUT2D eigenvalue weighted by Crippen LogP contribution is 2.39. The van der Waals surface area contributed by atoms with Crippen LogP contribution in [0.25, 0.3) is 0 Å². The number of hydrogen-bond donors (Lipinski definition) is 3. The number of nitrogens with zero attached hydrogens (tertiary/aromatic N) is 1. The molecule has 0 atom stereocenters. The van der Waals surface area contributed by atoms with E-state index in [-0.39, 0.29) is 24.5 Å². The van der Waals surface area contributed by atoms with Crippen LogP contribution in [0, 0.1) is 0 Å². The fraction of sp³-hybridized carbons (Fsp3) is 0.409. The number of ether oxygens (including phenoxy) is 2. The Morgan fingerprint density at radius 1 is 1.22 bits per heavy atom. The number of carbonyl (C=O) groups is 3. The first kappa shape index (κ1) is 21.9. The molecule has 1 aromatic carbocycles. The van der Waals surface area contributed by atoms with Crippen LogP contribution in [0.15, 0.2) is 24.3 Å². The standard InChI is InChI=1S/C22H26N4O5S/c1-12(2)16-10-13(19(27)26-9-8-23-20(28)22(26,3)4)18(32-16)25-21(29)24-14-6-5-7-15-17(14)31-11-30-15/h5-7,10,12H,8-9,11H2,1-4H3,(H,23,28)(H2,24,25,29). The molecule has 1 saturated heterocycles. The van der Waals surface area contributed by atoms with Gasteiger partial charge in [-0.2, -0.15) is 0 Å². The number of piperazine rings is 1. The van der Waals surface area contributed by atoms with Crippen LogP contribution in [0.5, 0.6) is 11.5 Å². The molecule has 2 aromatic rings. The minimum atomic E-state index is -0.989. The summed E-state index contributed by atoms with van der Waals surface area (Å²) in [7, 11) is 0. The van der Waals surface area contributed by atoms with Crippen molar-refractivity contribution < 1.29 is 23.9 Å². The number of hydrogen-bond acceptors (Lipinski definition) is 6. The van der Waals surface area contributed by atoms with E-state index in [0.717, 1.165) is 4.88 Å². The van der Waals surface area contributed by atoms with Gasteiger partial charge in [-0.1, -0.05) is 19.9 Å². The van der Waals surface area contributed by atoms with Crippen molar-refractivity contribution in [3.8, 4) is 11.5 Å². The number of thiophene rings is 1. The highest BCUT2D eigenvalue weighted by atomic mass is 32.1. The normalized spacial score (nSPS) is 16.7. The Labute approximate surface area is 190 Å². The van der Waals surface area contributed by atoms with Crippen LogP contribution in [0.1, 0.15) is 48.8 Å². The summed E-state index contributed by atoms with van der Waals surface area (Å²) in [5.41, 5.74) is -0.147. The first-order valence-electron chi connectivity index (χ1n) is 10.4. The predicted molar refractivity (Wildman–Crippen MR) is 122 cm³/mol. The quantitative estimate of drug-likeness (QED) is 0.649. The van der Waals surface area contributed by atoms with Crippen molar-refractivity contribution in [3.63, 3.8) is 0 Å². The van der Waals surface area contributed by atoms with Gasteiger partial charge in [0.25, 0.3) is 5.91 Å². The summed E-state index contributed by atoms with van der Waals surface area (Å²) in [6.45, 7) is 8.35. The van der Waals surface area contributed by atoms with Crippen molar-refractivity contribution in [2.45, 2.75) is 39.2 Å². The number of anilines is 2. The zero-order chi connectivity index (χ0) is 23.0. The van der Waals surface area contributed by atoms with Gasteiger partial charge in [0.05, 0.1) is 11.3 Å². The fourth-order valence-electron chi connectivity index (χ4n) is 3.63. The van der Waals surface area contributed by atoms with Gasteiger partial charge in [0, 0.05) is 18.0 Å². The molecule has 0 unspecified atom stereocenters. The van der Waals surface area contributed by atoms with Gasteiger partial charge in [0.1, 0.15) is 10.5 Å². The second-order valence-corrected chi connectivity index (χ2v) is 9.52. The fourth-order valence-corrected chi connectivity index (χ4v) is 4.68. The maximum Gasteiger partial charge on any atom is 0.324 e. The summed E-state index contributed by atoms with van der Waals surface area (Å²) >= 11 is 1.35. The van der Waals surface area contributed by atoms with Gasteiger partial charge in [-0.05, 0) is 38.0 Å². The second kappa shape index (κ2) is 8.34. The van der Waals surface area contributed by atoms with Gasteiger partial charge in [-0.25, -0.2) is 4.79 Å². The van der Waals surface area contributed by atoms with Crippen LogP contribution < -0.4 is 25.4 Å². The van der Waals surface area contributed by atoms with E-state index in [9.17, 15) is 14.4 Å². The Morgan fingerprint density at radius 2 is 2.00 bits per heavy atom. The minimum absolute atomic E-state index is 0.0934. The first-order chi connectivity index (χ1) is 15.2. The molecular formula is C22H26N4O5S. The maximum atomic E-state index is 13.5. The second-order valence-electron chi connectivity index (χ2n) is 8.44. The molecule has 1 aromatic heterocycles. The van der Waals surface area contributed by atoms with Crippen LogP contribution in [0.2, 0.25) is 0 Å². The van der Waals surface area contributed by atoms with Gasteiger partial charge in [-0.15, -0.1) is 11.3 Å². The Morgan fingerprint density at radius 3 is 2.75 bits per heavy atom. The van der Waals surface area contributed by atoms with Crippen LogP contribution >= 0.6 is 11.3 Å². The van der Waals surface area contributed by atoms with E-state index in [2.05, 4.69) is 16.0 Å². The number of benzene rings is 1. The summed E-state index contributed by atoms with van der Waals surface area (Å²) < 4.78 is 10.8. The summed E-state index contributed by atoms with van der Waals surface area (Å²) in [5.74, 6) is 0.701. The van der Waals surface area contributed by atoms with Gasteiger partial charge in [0.15, 0.2) is 11.5 Å². The van der Waals surface area contributed by atoms with Crippen molar-refractivity contribution >= 4 is 39.9 Å². The van der Waals surface area contributed by atoms with Crippen molar-refractivity contribution in [3.05, 3.63) is 34.7 Å². The molecule has 3 N–H and O–H groups in total. The SMILES string of the molecule is CC(C)c1cc(C(=O)N2CCNC(=O)C2(C)C)c(NC(=O)Nc2cccc3c2OCO3)s1. The van der Waals surface area contributed by atoms with E-state index in [1.165, 1.54) is 11.3 Å². The van der Waals surface area contributed by atoms with Crippen molar-refractivity contribution in [1.82, 2.24) is 10.2 Å². The summed E-state index contributed by atoms with van der Waals surface area (Å²) in [6, 6.07) is 6.52. The lowest BCUT2D eigenvalue weighted by molar-refractivity contribution is -0.133. The minimum Gasteiger partial charge on any atom is -0.454 e. The molecule has 2 aliphatic heterocycles. The zero-order valence-corrected chi connectivity index (χ0v) is 19.2. The summed E-state index contributed by atoms with van der Waals surface area (Å²) in [4.78, 5) is 41.1. The van der Waals surface area contributed by atoms with E-state index >= 15 is 0 Å². The predicted octanol–water partition coefficient (Wildman–Crippen LogP) is 3.59. The van der Waals surface area contributed by atoms with Crippen LogP contribution in [0.4, 0.5) is 15.5 Å². The summed E-state index contributed by atoms with van der Waals surface area (Å²) in [5, 5.41) is 8.80.